The van der Waals surface area contributed by atoms with E-state index in [2.05, 4.69) is 27.3 Å². The average molecular weight is 398 g/mol. The van der Waals surface area contributed by atoms with Crippen LogP contribution in [0.4, 0.5) is 5.82 Å². The Morgan fingerprint density at radius 1 is 0.964 bits per heavy atom. The fraction of sp³-hybridized carbons (Fsp3) is 0.478. The number of piperidine rings is 1. The Labute approximate surface area is 172 Å². The van der Waals surface area contributed by atoms with E-state index in [-0.39, 0.29) is 5.91 Å². The first-order valence-electron chi connectivity index (χ1n) is 10.5. The molecule has 0 bridgehead atoms. The molecule has 0 atom stereocenters. The Kier molecular flexibility index (Phi) is 6.16. The second-order valence-electron chi connectivity index (χ2n) is 8.00. The summed E-state index contributed by atoms with van der Waals surface area (Å²) in [5.74, 6) is 1.43. The molecule has 2 aliphatic rings. The van der Waals surface area contributed by atoms with Crippen molar-refractivity contribution in [1.29, 1.82) is 0 Å². The van der Waals surface area contributed by atoms with Gasteiger partial charge < -0.3 is 10.2 Å². The summed E-state index contributed by atoms with van der Waals surface area (Å²) in [6.45, 7) is 1.90. The number of pyridine rings is 1. The number of benzene rings is 1. The van der Waals surface area contributed by atoms with E-state index in [0.29, 0.717) is 17.7 Å². The van der Waals surface area contributed by atoms with Gasteiger partial charge in [0.1, 0.15) is 11.5 Å². The van der Waals surface area contributed by atoms with Gasteiger partial charge in [-0.05, 0) is 61.4 Å². The molecule has 1 aromatic heterocycles. The maximum Gasteiger partial charge on any atom is 0.270 e. The Morgan fingerprint density at radius 3 is 2.39 bits per heavy atom. The number of rotatable bonds is 4. The fourth-order valence-electron chi connectivity index (χ4n) is 4.41. The van der Waals surface area contributed by atoms with Crippen molar-refractivity contribution in [1.82, 2.24) is 10.3 Å². The van der Waals surface area contributed by atoms with E-state index in [1.165, 1.54) is 24.8 Å². The summed E-state index contributed by atoms with van der Waals surface area (Å²) in [6, 6.07) is 14.3. The van der Waals surface area contributed by atoms with Crippen molar-refractivity contribution in [2.24, 2.45) is 0 Å². The molecule has 0 unspecified atom stereocenters. The molecule has 0 radical (unpaired) electrons. The van der Waals surface area contributed by atoms with Crippen LogP contribution in [0, 0.1) is 0 Å². The van der Waals surface area contributed by atoms with E-state index in [0.717, 1.165) is 49.6 Å². The molecule has 1 amide bonds. The first kappa shape index (κ1) is 19.3. The molecule has 5 heteroatoms. The van der Waals surface area contributed by atoms with Crippen molar-refractivity contribution in [3.8, 4) is 0 Å². The lowest BCUT2D eigenvalue weighted by Crippen LogP contribution is -2.37. The van der Waals surface area contributed by atoms with Crippen LogP contribution in [-0.4, -0.2) is 30.0 Å². The van der Waals surface area contributed by atoms with Crippen LogP contribution < -0.4 is 10.2 Å². The van der Waals surface area contributed by atoms with E-state index in [1.54, 1.807) is 0 Å². The monoisotopic (exact) mass is 397 g/mol. The minimum Gasteiger partial charge on any atom is -0.357 e. The number of nitrogens with zero attached hydrogens (tertiary/aromatic N) is 2. The van der Waals surface area contributed by atoms with Gasteiger partial charge in [-0.2, -0.15) is 0 Å². The number of hydrogen-bond donors (Lipinski definition) is 1. The lowest BCUT2D eigenvalue weighted by molar-refractivity contribution is 0.0922. The standard InChI is InChI=1S/C23H28ClN3O/c24-19-11-9-17(10-12-19)18-13-15-27(16-14-18)22-8-4-7-21(26-22)23(28)25-20-5-2-1-3-6-20/h4,7-12,18,20H,1-3,5-6,13-16H2,(H,25,28). The van der Waals surface area contributed by atoms with Gasteiger partial charge in [-0.3, -0.25) is 4.79 Å². The van der Waals surface area contributed by atoms with Crippen LogP contribution in [0.3, 0.4) is 0 Å². The molecule has 2 aromatic rings. The molecule has 148 valence electrons. The quantitative estimate of drug-likeness (QED) is 0.772. The molecule has 1 aliphatic carbocycles. The second kappa shape index (κ2) is 8.95. The number of anilines is 1. The molecule has 1 aromatic carbocycles. The Morgan fingerprint density at radius 2 is 1.68 bits per heavy atom. The number of nitrogens with one attached hydrogen (secondary N) is 1. The van der Waals surface area contributed by atoms with Crippen LogP contribution in [0.1, 0.15) is 66.9 Å². The largest absolute Gasteiger partial charge is 0.357 e. The number of hydrogen-bond acceptors (Lipinski definition) is 3. The van der Waals surface area contributed by atoms with Crippen molar-refractivity contribution in [2.75, 3.05) is 18.0 Å². The number of halogens is 1. The molecule has 2 heterocycles. The number of carbonyl (C=O) groups excluding carboxylic acids is 1. The summed E-state index contributed by atoms with van der Waals surface area (Å²) < 4.78 is 0. The first-order valence-corrected chi connectivity index (χ1v) is 10.9. The van der Waals surface area contributed by atoms with Crippen molar-refractivity contribution in [3.05, 3.63) is 58.7 Å². The summed E-state index contributed by atoms with van der Waals surface area (Å²) in [5.41, 5.74) is 1.89. The Balaban J connectivity index is 1.36. The van der Waals surface area contributed by atoms with Crippen LogP contribution in [0.15, 0.2) is 42.5 Å². The molecule has 1 saturated heterocycles. The fourth-order valence-corrected chi connectivity index (χ4v) is 4.53. The van der Waals surface area contributed by atoms with E-state index >= 15 is 0 Å². The van der Waals surface area contributed by atoms with Gasteiger partial charge in [-0.1, -0.05) is 49.1 Å². The van der Waals surface area contributed by atoms with Crippen LogP contribution in [0.5, 0.6) is 0 Å². The summed E-state index contributed by atoms with van der Waals surface area (Å²) in [4.78, 5) is 19.6. The lowest BCUT2D eigenvalue weighted by atomic mass is 9.89. The predicted octanol–water partition coefficient (Wildman–Crippen LogP) is 5.18. The zero-order valence-corrected chi connectivity index (χ0v) is 17.0. The molecular formula is C23H28ClN3O. The summed E-state index contributed by atoms with van der Waals surface area (Å²) in [7, 11) is 0. The third kappa shape index (κ3) is 4.67. The van der Waals surface area contributed by atoms with Crippen LogP contribution >= 0.6 is 11.6 Å². The van der Waals surface area contributed by atoms with E-state index in [1.807, 2.05) is 30.3 Å². The lowest BCUT2D eigenvalue weighted by Gasteiger charge is -2.33. The highest BCUT2D eigenvalue weighted by Crippen LogP contribution is 2.30. The Hall–Kier alpha value is -2.07. The van der Waals surface area contributed by atoms with Gasteiger partial charge in [0.2, 0.25) is 0 Å². The smallest absolute Gasteiger partial charge is 0.270 e. The highest BCUT2D eigenvalue weighted by molar-refractivity contribution is 6.30. The van der Waals surface area contributed by atoms with Crippen molar-refractivity contribution in [2.45, 2.75) is 56.9 Å². The topological polar surface area (TPSA) is 45.2 Å². The molecule has 28 heavy (non-hydrogen) atoms. The molecule has 4 rings (SSSR count). The maximum atomic E-state index is 12.6. The summed E-state index contributed by atoms with van der Waals surface area (Å²) >= 11 is 6.01. The van der Waals surface area contributed by atoms with Gasteiger partial charge in [0, 0.05) is 24.2 Å². The molecule has 0 spiro atoms. The van der Waals surface area contributed by atoms with Crippen LogP contribution in [0.25, 0.3) is 0 Å². The van der Waals surface area contributed by atoms with Gasteiger partial charge in [0.25, 0.3) is 5.91 Å². The minimum atomic E-state index is -0.0372. The number of amides is 1. The average Bonchev–Trinajstić information content (AvgIpc) is 2.75. The highest BCUT2D eigenvalue weighted by atomic mass is 35.5. The molecule has 1 saturated carbocycles. The van der Waals surface area contributed by atoms with Gasteiger partial charge >= 0.3 is 0 Å². The van der Waals surface area contributed by atoms with Gasteiger partial charge in [-0.25, -0.2) is 4.98 Å². The van der Waals surface area contributed by atoms with E-state index in [9.17, 15) is 4.79 Å². The third-order valence-electron chi connectivity index (χ3n) is 6.07. The predicted molar refractivity (Wildman–Crippen MR) is 114 cm³/mol. The SMILES string of the molecule is O=C(NC1CCCCC1)c1cccc(N2CCC(c3ccc(Cl)cc3)CC2)n1. The summed E-state index contributed by atoms with van der Waals surface area (Å²) in [6.07, 6.45) is 8.05. The van der Waals surface area contributed by atoms with Crippen molar-refractivity contribution in [3.63, 3.8) is 0 Å². The number of carbonyl (C=O) groups is 1. The minimum absolute atomic E-state index is 0.0372. The van der Waals surface area contributed by atoms with Gasteiger partial charge in [-0.15, -0.1) is 0 Å². The zero-order chi connectivity index (χ0) is 19.3. The molecule has 1 N–H and O–H groups in total. The molecule has 4 nitrogen and oxygen atoms in total. The zero-order valence-electron chi connectivity index (χ0n) is 16.2. The van der Waals surface area contributed by atoms with E-state index < -0.39 is 0 Å². The van der Waals surface area contributed by atoms with Crippen LogP contribution in [0.2, 0.25) is 5.02 Å². The number of aromatic nitrogens is 1. The molecular weight excluding hydrogens is 370 g/mol. The Bertz CT molecular complexity index is 794. The summed E-state index contributed by atoms with van der Waals surface area (Å²) in [5, 5.41) is 3.95. The van der Waals surface area contributed by atoms with Gasteiger partial charge in [0.05, 0.1) is 0 Å². The second-order valence-corrected chi connectivity index (χ2v) is 8.44. The first-order chi connectivity index (χ1) is 13.7. The molecule has 1 aliphatic heterocycles. The highest BCUT2D eigenvalue weighted by Gasteiger charge is 2.23. The normalized spacial score (nSPS) is 18.8. The van der Waals surface area contributed by atoms with Gasteiger partial charge in [0.15, 0.2) is 0 Å². The van der Waals surface area contributed by atoms with Crippen molar-refractivity contribution >= 4 is 23.3 Å². The van der Waals surface area contributed by atoms with Crippen molar-refractivity contribution < 1.29 is 4.79 Å². The third-order valence-corrected chi connectivity index (χ3v) is 6.32. The maximum absolute atomic E-state index is 12.6. The molecule has 2 fully saturated rings. The van der Waals surface area contributed by atoms with E-state index in [4.69, 9.17) is 11.6 Å². The van der Waals surface area contributed by atoms with Crippen LogP contribution in [-0.2, 0) is 0 Å².